The zero-order valence-corrected chi connectivity index (χ0v) is 9.92. The van der Waals surface area contributed by atoms with Crippen molar-refractivity contribution in [1.82, 2.24) is 0 Å². The van der Waals surface area contributed by atoms with Crippen LogP contribution in [0.4, 0.5) is 0 Å². The van der Waals surface area contributed by atoms with Crippen molar-refractivity contribution in [2.24, 2.45) is 5.73 Å². The van der Waals surface area contributed by atoms with Crippen molar-refractivity contribution in [2.45, 2.75) is 30.6 Å². The molecule has 1 rings (SSSR count). The molecule has 1 aliphatic rings. The Morgan fingerprint density at radius 1 is 1.73 bits per heavy atom. The Hall–Kier alpha value is -0.260. The lowest BCUT2D eigenvalue weighted by molar-refractivity contribution is -0.142. The molecule has 2 unspecified atom stereocenters. The van der Waals surface area contributed by atoms with Gasteiger partial charge in [0, 0.05) is 11.9 Å². The Bertz CT molecular complexity index is 195. The molecule has 1 saturated heterocycles. The van der Waals surface area contributed by atoms with Crippen LogP contribution in [-0.4, -0.2) is 43.3 Å². The minimum absolute atomic E-state index is 0.324. The van der Waals surface area contributed by atoms with Gasteiger partial charge in [0.15, 0.2) is 0 Å². The highest BCUT2D eigenvalue weighted by Crippen LogP contribution is 2.21. The lowest BCUT2D eigenvalue weighted by atomic mass is 10.2. The van der Waals surface area contributed by atoms with Gasteiger partial charge in [-0.2, -0.15) is 11.8 Å². The standard InChI is InChI=1S/C10H19NO3S/c1-13-10(12)9(11)4-6-15-8-3-2-5-14-7-8/h8-9H,2-7,11H2,1H3. The van der Waals surface area contributed by atoms with E-state index >= 15 is 0 Å². The highest BCUT2D eigenvalue weighted by atomic mass is 32.2. The minimum atomic E-state index is -0.480. The van der Waals surface area contributed by atoms with Crippen LogP contribution < -0.4 is 5.73 Å². The van der Waals surface area contributed by atoms with Crippen LogP contribution in [0.5, 0.6) is 0 Å². The summed E-state index contributed by atoms with van der Waals surface area (Å²) in [6.45, 7) is 1.72. The van der Waals surface area contributed by atoms with Crippen LogP contribution in [0.15, 0.2) is 0 Å². The second-order valence-corrected chi connectivity index (χ2v) is 5.04. The minimum Gasteiger partial charge on any atom is -0.468 e. The molecule has 0 spiro atoms. The number of hydrogen-bond donors (Lipinski definition) is 1. The summed E-state index contributed by atoms with van der Waals surface area (Å²) in [5, 5.41) is 0.573. The molecule has 4 nitrogen and oxygen atoms in total. The van der Waals surface area contributed by atoms with Gasteiger partial charge in [-0.1, -0.05) is 0 Å². The number of methoxy groups -OCH3 is 1. The van der Waals surface area contributed by atoms with E-state index in [4.69, 9.17) is 10.5 Å². The van der Waals surface area contributed by atoms with Gasteiger partial charge >= 0.3 is 5.97 Å². The molecule has 2 N–H and O–H groups in total. The van der Waals surface area contributed by atoms with Gasteiger partial charge in [0.2, 0.25) is 0 Å². The van der Waals surface area contributed by atoms with Crippen LogP contribution in [0.2, 0.25) is 0 Å². The lowest BCUT2D eigenvalue weighted by Crippen LogP contribution is -2.32. The molecular formula is C10H19NO3S. The third-order valence-electron chi connectivity index (χ3n) is 2.40. The first-order valence-corrected chi connectivity index (χ1v) is 6.31. The summed E-state index contributed by atoms with van der Waals surface area (Å²) < 4.78 is 9.92. The molecule has 1 heterocycles. The topological polar surface area (TPSA) is 61.5 Å². The fourth-order valence-corrected chi connectivity index (χ4v) is 2.72. The molecule has 1 fully saturated rings. The molecule has 15 heavy (non-hydrogen) atoms. The van der Waals surface area contributed by atoms with Crippen molar-refractivity contribution in [1.29, 1.82) is 0 Å². The molecule has 0 saturated carbocycles. The monoisotopic (exact) mass is 233 g/mol. The van der Waals surface area contributed by atoms with Gasteiger partial charge < -0.3 is 15.2 Å². The number of thioether (sulfide) groups is 1. The predicted octanol–water partition coefficient (Wildman–Crippen LogP) is 0.789. The van der Waals surface area contributed by atoms with E-state index in [0.29, 0.717) is 11.7 Å². The highest BCUT2D eigenvalue weighted by molar-refractivity contribution is 7.99. The maximum absolute atomic E-state index is 11.0. The summed E-state index contributed by atoms with van der Waals surface area (Å²) >= 11 is 1.84. The molecule has 1 aliphatic heterocycles. The van der Waals surface area contributed by atoms with Crippen LogP contribution >= 0.6 is 11.8 Å². The van der Waals surface area contributed by atoms with Gasteiger partial charge in [-0.25, -0.2) is 0 Å². The van der Waals surface area contributed by atoms with Gasteiger partial charge in [-0.05, 0) is 25.0 Å². The van der Waals surface area contributed by atoms with Gasteiger partial charge in [-0.3, -0.25) is 4.79 Å². The quantitative estimate of drug-likeness (QED) is 0.711. The molecule has 0 bridgehead atoms. The van der Waals surface area contributed by atoms with E-state index in [9.17, 15) is 4.79 Å². The summed E-state index contributed by atoms with van der Waals surface area (Å²) in [6, 6.07) is -0.480. The van der Waals surface area contributed by atoms with Gasteiger partial charge in [0.05, 0.1) is 13.7 Å². The van der Waals surface area contributed by atoms with E-state index in [1.165, 1.54) is 13.5 Å². The van der Waals surface area contributed by atoms with Crippen LogP contribution in [-0.2, 0) is 14.3 Å². The van der Waals surface area contributed by atoms with E-state index in [1.54, 1.807) is 0 Å². The smallest absolute Gasteiger partial charge is 0.322 e. The number of esters is 1. The summed E-state index contributed by atoms with van der Waals surface area (Å²) in [6.07, 6.45) is 3.02. The average molecular weight is 233 g/mol. The van der Waals surface area contributed by atoms with Gasteiger partial charge in [0.1, 0.15) is 6.04 Å². The van der Waals surface area contributed by atoms with Crippen molar-refractivity contribution in [3.63, 3.8) is 0 Å². The normalized spacial score (nSPS) is 23.5. The van der Waals surface area contributed by atoms with E-state index in [2.05, 4.69) is 4.74 Å². The van der Waals surface area contributed by atoms with E-state index < -0.39 is 6.04 Å². The first-order valence-electron chi connectivity index (χ1n) is 5.26. The number of carbonyl (C=O) groups is 1. The molecule has 88 valence electrons. The molecule has 0 aromatic heterocycles. The first-order chi connectivity index (χ1) is 7.24. The van der Waals surface area contributed by atoms with Crippen LogP contribution in [0.25, 0.3) is 0 Å². The summed E-state index contributed by atoms with van der Waals surface area (Å²) in [4.78, 5) is 11.0. The fourth-order valence-electron chi connectivity index (χ4n) is 1.47. The second kappa shape index (κ2) is 7.09. The average Bonchev–Trinajstić information content (AvgIpc) is 2.29. The molecule has 2 atom stereocenters. The Labute approximate surface area is 94.9 Å². The van der Waals surface area contributed by atoms with Crippen LogP contribution in [0, 0.1) is 0 Å². The van der Waals surface area contributed by atoms with Gasteiger partial charge in [0.25, 0.3) is 0 Å². The molecule has 0 amide bonds. The molecule has 0 radical (unpaired) electrons. The number of ether oxygens (including phenoxy) is 2. The maximum atomic E-state index is 11.0. The van der Waals surface area contributed by atoms with Gasteiger partial charge in [-0.15, -0.1) is 0 Å². The lowest BCUT2D eigenvalue weighted by Gasteiger charge is -2.21. The summed E-state index contributed by atoms with van der Waals surface area (Å²) in [7, 11) is 1.37. The molecule has 0 aromatic rings. The van der Waals surface area contributed by atoms with Crippen molar-refractivity contribution in [3.8, 4) is 0 Å². The molecule has 0 aliphatic carbocycles. The number of rotatable bonds is 5. The fraction of sp³-hybridized carbons (Fsp3) is 0.900. The molecular weight excluding hydrogens is 214 g/mol. The predicted molar refractivity (Wildman–Crippen MR) is 60.9 cm³/mol. The second-order valence-electron chi connectivity index (χ2n) is 3.63. The van der Waals surface area contributed by atoms with E-state index in [-0.39, 0.29) is 5.97 Å². The zero-order chi connectivity index (χ0) is 11.1. The number of carbonyl (C=O) groups excluding carboxylic acids is 1. The number of hydrogen-bond acceptors (Lipinski definition) is 5. The Kier molecular flexibility index (Phi) is 6.05. The third-order valence-corrected chi connectivity index (χ3v) is 3.72. The van der Waals surface area contributed by atoms with E-state index in [1.807, 2.05) is 11.8 Å². The third kappa shape index (κ3) is 4.86. The zero-order valence-electron chi connectivity index (χ0n) is 9.11. The van der Waals surface area contributed by atoms with Crippen LogP contribution in [0.1, 0.15) is 19.3 Å². The van der Waals surface area contributed by atoms with Crippen molar-refractivity contribution < 1.29 is 14.3 Å². The first kappa shape index (κ1) is 12.8. The van der Waals surface area contributed by atoms with Crippen molar-refractivity contribution in [2.75, 3.05) is 26.1 Å². The number of nitrogens with two attached hydrogens (primary N) is 1. The Morgan fingerprint density at radius 3 is 3.13 bits per heavy atom. The molecule has 5 heteroatoms. The highest BCUT2D eigenvalue weighted by Gasteiger charge is 2.17. The largest absolute Gasteiger partial charge is 0.468 e. The van der Waals surface area contributed by atoms with Crippen molar-refractivity contribution >= 4 is 17.7 Å². The summed E-state index contributed by atoms with van der Waals surface area (Å²) in [5.41, 5.74) is 5.62. The van der Waals surface area contributed by atoms with Crippen molar-refractivity contribution in [3.05, 3.63) is 0 Å². The Balaban J connectivity index is 2.07. The van der Waals surface area contributed by atoms with Crippen LogP contribution in [0.3, 0.4) is 0 Å². The molecule has 0 aromatic carbocycles. The SMILES string of the molecule is COC(=O)C(N)CCSC1CCCOC1. The summed E-state index contributed by atoms with van der Waals surface area (Å²) in [5.74, 6) is 0.570. The maximum Gasteiger partial charge on any atom is 0.322 e. The Morgan fingerprint density at radius 2 is 2.53 bits per heavy atom. The van der Waals surface area contributed by atoms with E-state index in [0.717, 1.165) is 25.4 Å².